The normalized spacial score (nSPS) is 16.1. The number of ether oxygens (including phenoxy) is 3. The first kappa shape index (κ1) is 17.4. The third kappa shape index (κ3) is 4.17. The fourth-order valence-electron chi connectivity index (χ4n) is 3.13. The molecule has 5 nitrogen and oxygen atoms in total. The third-order valence-corrected chi connectivity index (χ3v) is 4.46. The maximum absolute atomic E-state index is 6.08. The van der Waals surface area contributed by atoms with Crippen LogP contribution in [0.4, 0.5) is 5.69 Å². The lowest BCUT2D eigenvalue weighted by molar-refractivity contribution is 0.192. The first-order valence-corrected chi connectivity index (χ1v) is 8.59. The van der Waals surface area contributed by atoms with Gasteiger partial charge < -0.3 is 24.4 Å². The highest BCUT2D eigenvalue weighted by molar-refractivity contribution is 5.59. The summed E-state index contributed by atoms with van der Waals surface area (Å²) in [7, 11) is 5.42. The molecule has 1 aliphatic heterocycles. The van der Waals surface area contributed by atoms with Crippen molar-refractivity contribution in [1.29, 1.82) is 0 Å². The second-order valence-electron chi connectivity index (χ2n) is 6.23. The summed E-state index contributed by atoms with van der Waals surface area (Å²) in [6.45, 7) is 2.60. The van der Waals surface area contributed by atoms with E-state index in [1.165, 1.54) is 5.56 Å². The van der Waals surface area contributed by atoms with Crippen molar-refractivity contribution in [2.24, 2.45) is 0 Å². The number of fused-ring (bicyclic) bond motifs is 1. The van der Waals surface area contributed by atoms with Gasteiger partial charge in [0.05, 0.1) is 26.5 Å². The van der Waals surface area contributed by atoms with Gasteiger partial charge in [0.25, 0.3) is 0 Å². The average molecular weight is 342 g/mol. The van der Waals surface area contributed by atoms with Crippen molar-refractivity contribution in [2.45, 2.75) is 12.5 Å². The largest absolute Gasteiger partial charge is 0.493 e. The molecule has 2 aromatic carbocycles. The van der Waals surface area contributed by atoms with Gasteiger partial charge in [0.2, 0.25) is 0 Å². The van der Waals surface area contributed by atoms with Gasteiger partial charge in [-0.25, -0.2) is 0 Å². The van der Waals surface area contributed by atoms with Crippen LogP contribution in [0.15, 0.2) is 42.5 Å². The highest BCUT2D eigenvalue weighted by Crippen LogP contribution is 2.31. The minimum atomic E-state index is 0.158. The minimum Gasteiger partial charge on any atom is -0.493 e. The second-order valence-corrected chi connectivity index (χ2v) is 6.23. The summed E-state index contributed by atoms with van der Waals surface area (Å²) >= 11 is 0. The highest BCUT2D eigenvalue weighted by Gasteiger charge is 2.22. The van der Waals surface area contributed by atoms with E-state index >= 15 is 0 Å². The number of methoxy groups -OCH3 is 2. The summed E-state index contributed by atoms with van der Waals surface area (Å²) in [6, 6.07) is 14.2. The Labute approximate surface area is 149 Å². The van der Waals surface area contributed by atoms with Crippen LogP contribution >= 0.6 is 0 Å². The number of nitrogens with zero attached hydrogens (tertiary/aromatic N) is 1. The Morgan fingerprint density at radius 1 is 1.12 bits per heavy atom. The SMILES string of the molecule is COc1ccc(CCNCC2CN(C)c3ccccc3O2)cc1OC. The Hall–Kier alpha value is -2.40. The lowest BCUT2D eigenvalue weighted by atomic mass is 10.1. The lowest BCUT2D eigenvalue weighted by Crippen LogP contribution is -2.44. The van der Waals surface area contributed by atoms with Crippen LogP contribution in [-0.4, -0.2) is 47.0 Å². The molecule has 134 valence electrons. The summed E-state index contributed by atoms with van der Waals surface area (Å²) in [5.41, 5.74) is 2.38. The highest BCUT2D eigenvalue weighted by atomic mass is 16.5. The molecule has 25 heavy (non-hydrogen) atoms. The van der Waals surface area contributed by atoms with Crippen LogP contribution in [0.1, 0.15) is 5.56 Å². The molecule has 0 spiro atoms. The number of para-hydroxylation sites is 2. The summed E-state index contributed by atoms with van der Waals surface area (Å²) < 4.78 is 16.7. The third-order valence-electron chi connectivity index (χ3n) is 4.46. The van der Waals surface area contributed by atoms with Crippen LogP contribution in [0, 0.1) is 0 Å². The molecule has 0 aliphatic carbocycles. The van der Waals surface area contributed by atoms with Crippen molar-refractivity contribution in [3.05, 3.63) is 48.0 Å². The molecule has 0 saturated heterocycles. The number of hydrogen-bond acceptors (Lipinski definition) is 5. The number of anilines is 1. The van der Waals surface area contributed by atoms with Crippen molar-refractivity contribution in [3.63, 3.8) is 0 Å². The number of nitrogens with one attached hydrogen (secondary N) is 1. The molecule has 0 fully saturated rings. The van der Waals surface area contributed by atoms with Gasteiger partial charge in [-0.2, -0.15) is 0 Å². The number of benzene rings is 2. The fourth-order valence-corrected chi connectivity index (χ4v) is 3.13. The van der Waals surface area contributed by atoms with Gasteiger partial charge >= 0.3 is 0 Å². The molecule has 1 atom stereocenters. The average Bonchev–Trinajstić information content (AvgIpc) is 2.65. The molecule has 0 bridgehead atoms. The van der Waals surface area contributed by atoms with E-state index in [0.717, 1.165) is 49.0 Å². The summed E-state index contributed by atoms with van der Waals surface area (Å²) in [4.78, 5) is 2.25. The standard InChI is InChI=1S/C20H26N2O3/c1-22-14-16(25-18-7-5-4-6-17(18)22)13-21-11-10-15-8-9-19(23-2)20(12-15)24-3/h4-9,12,16,21H,10-11,13-14H2,1-3H3. The molecular formula is C20H26N2O3. The summed E-state index contributed by atoms with van der Waals surface area (Å²) in [5.74, 6) is 2.49. The van der Waals surface area contributed by atoms with Crippen LogP contribution in [0.3, 0.4) is 0 Å². The van der Waals surface area contributed by atoms with Crippen LogP contribution < -0.4 is 24.4 Å². The molecule has 5 heteroatoms. The molecule has 3 rings (SSSR count). The molecular weight excluding hydrogens is 316 g/mol. The monoisotopic (exact) mass is 342 g/mol. The van der Waals surface area contributed by atoms with Crippen molar-refractivity contribution in [1.82, 2.24) is 5.32 Å². The van der Waals surface area contributed by atoms with E-state index in [-0.39, 0.29) is 6.10 Å². The number of hydrogen-bond donors (Lipinski definition) is 1. The molecule has 1 unspecified atom stereocenters. The predicted molar refractivity (Wildman–Crippen MR) is 100 cm³/mol. The Kier molecular flexibility index (Phi) is 5.66. The Balaban J connectivity index is 1.48. The Morgan fingerprint density at radius 2 is 1.92 bits per heavy atom. The quantitative estimate of drug-likeness (QED) is 0.784. The zero-order valence-corrected chi connectivity index (χ0v) is 15.1. The van der Waals surface area contributed by atoms with Gasteiger partial charge in [0.15, 0.2) is 11.5 Å². The van der Waals surface area contributed by atoms with Crippen LogP contribution in [-0.2, 0) is 6.42 Å². The molecule has 1 aliphatic rings. The Bertz CT molecular complexity index is 705. The smallest absolute Gasteiger partial charge is 0.160 e. The molecule has 1 N–H and O–H groups in total. The number of likely N-dealkylation sites (N-methyl/N-ethyl adjacent to an activating group) is 1. The van der Waals surface area contributed by atoms with Gasteiger partial charge in [-0.3, -0.25) is 0 Å². The minimum absolute atomic E-state index is 0.158. The predicted octanol–water partition coefficient (Wildman–Crippen LogP) is 2.73. The van der Waals surface area contributed by atoms with Crippen molar-refractivity contribution in [2.75, 3.05) is 45.8 Å². The fraction of sp³-hybridized carbons (Fsp3) is 0.400. The molecule has 0 saturated carbocycles. The Morgan fingerprint density at radius 3 is 2.72 bits per heavy atom. The zero-order chi connectivity index (χ0) is 17.6. The van der Waals surface area contributed by atoms with E-state index in [1.54, 1.807) is 14.2 Å². The van der Waals surface area contributed by atoms with Crippen LogP contribution in [0.2, 0.25) is 0 Å². The van der Waals surface area contributed by atoms with E-state index in [0.29, 0.717) is 0 Å². The van der Waals surface area contributed by atoms with E-state index in [2.05, 4.69) is 29.4 Å². The summed E-state index contributed by atoms with van der Waals surface area (Å²) in [6.07, 6.45) is 1.09. The first-order chi connectivity index (χ1) is 12.2. The van der Waals surface area contributed by atoms with E-state index < -0.39 is 0 Å². The second kappa shape index (κ2) is 8.12. The van der Waals surface area contributed by atoms with Gasteiger partial charge in [0, 0.05) is 13.6 Å². The zero-order valence-electron chi connectivity index (χ0n) is 15.1. The van der Waals surface area contributed by atoms with E-state index in [1.807, 2.05) is 30.3 Å². The molecule has 0 radical (unpaired) electrons. The van der Waals surface area contributed by atoms with Crippen LogP contribution in [0.25, 0.3) is 0 Å². The topological polar surface area (TPSA) is 43.0 Å². The van der Waals surface area contributed by atoms with Gasteiger partial charge in [-0.15, -0.1) is 0 Å². The van der Waals surface area contributed by atoms with Gasteiger partial charge in [0.1, 0.15) is 11.9 Å². The summed E-state index contributed by atoms with van der Waals surface area (Å²) in [5, 5.41) is 3.50. The maximum Gasteiger partial charge on any atom is 0.160 e. The van der Waals surface area contributed by atoms with Gasteiger partial charge in [-0.05, 0) is 42.8 Å². The van der Waals surface area contributed by atoms with Gasteiger partial charge in [-0.1, -0.05) is 18.2 Å². The maximum atomic E-state index is 6.08. The van der Waals surface area contributed by atoms with Crippen molar-refractivity contribution >= 4 is 5.69 Å². The van der Waals surface area contributed by atoms with E-state index in [9.17, 15) is 0 Å². The van der Waals surface area contributed by atoms with Crippen molar-refractivity contribution in [3.8, 4) is 17.2 Å². The number of rotatable bonds is 7. The van der Waals surface area contributed by atoms with Crippen molar-refractivity contribution < 1.29 is 14.2 Å². The molecule has 0 aromatic heterocycles. The first-order valence-electron chi connectivity index (χ1n) is 8.59. The molecule has 0 amide bonds. The lowest BCUT2D eigenvalue weighted by Gasteiger charge is -2.33. The van der Waals surface area contributed by atoms with E-state index in [4.69, 9.17) is 14.2 Å². The molecule has 2 aromatic rings. The molecule has 1 heterocycles. The van der Waals surface area contributed by atoms with Crippen LogP contribution in [0.5, 0.6) is 17.2 Å².